The van der Waals surface area contributed by atoms with Crippen molar-refractivity contribution in [2.75, 3.05) is 12.3 Å². The number of imidazole rings is 1. The average Bonchev–Trinajstić information content (AvgIpc) is 2.71. The molecule has 0 radical (unpaired) electrons. The smallest absolute Gasteiger partial charge is 0.165 e. The van der Waals surface area contributed by atoms with Gasteiger partial charge in [-0.15, -0.1) is 0 Å². The van der Waals surface area contributed by atoms with Crippen LogP contribution >= 0.6 is 11.8 Å². The van der Waals surface area contributed by atoms with Crippen LogP contribution in [0.25, 0.3) is 0 Å². The molecule has 4 nitrogen and oxygen atoms in total. The lowest BCUT2D eigenvalue weighted by atomic mass is 10.0. The van der Waals surface area contributed by atoms with Crippen molar-refractivity contribution in [1.29, 1.82) is 5.26 Å². The molecule has 0 amide bonds. The molecule has 0 fully saturated rings. The summed E-state index contributed by atoms with van der Waals surface area (Å²) in [5, 5.41) is 13.1. The molecule has 1 heterocycles. The number of rotatable bonds is 6. The fourth-order valence-electron chi connectivity index (χ4n) is 1.26. The van der Waals surface area contributed by atoms with E-state index in [1.807, 2.05) is 13.8 Å². The van der Waals surface area contributed by atoms with E-state index in [4.69, 9.17) is 5.26 Å². The maximum Gasteiger partial charge on any atom is 0.165 e. The van der Waals surface area contributed by atoms with E-state index in [9.17, 15) is 0 Å². The van der Waals surface area contributed by atoms with Crippen molar-refractivity contribution in [2.45, 2.75) is 31.0 Å². The van der Waals surface area contributed by atoms with Gasteiger partial charge in [-0.05, 0) is 19.9 Å². The Morgan fingerprint density at radius 1 is 1.73 bits per heavy atom. The average molecular weight is 224 g/mol. The molecule has 0 saturated carbocycles. The monoisotopic (exact) mass is 224 g/mol. The standard InChI is InChI=1S/C10H16N4S/c1-3-14-10(2,8-11)4-7-15-9-12-5-6-13-9/h5-6,14H,3-4,7H2,1-2H3,(H,12,13). The van der Waals surface area contributed by atoms with Crippen LogP contribution in [0.5, 0.6) is 0 Å². The Morgan fingerprint density at radius 3 is 3.07 bits per heavy atom. The van der Waals surface area contributed by atoms with E-state index in [1.54, 1.807) is 24.2 Å². The van der Waals surface area contributed by atoms with Gasteiger partial charge in [-0.25, -0.2) is 4.98 Å². The van der Waals surface area contributed by atoms with Crippen molar-refractivity contribution in [3.63, 3.8) is 0 Å². The molecule has 1 unspecified atom stereocenters. The highest BCUT2D eigenvalue weighted by Gasteiger charge is 2.21. The Morgan fingerprint density at radius 2 is 2.53 bits per heavy atom. The predicted molar refractivity (Wildman–Crippen MR) is 61.6 cm³/mol. The molecule has 0 saturated heterocycles. The van der Waals surface area contributed by atoms with Crippen LogP contribution in [0.15, 0.2) is 17.6 Å². The lowest BCUT2D eigenvalue weighted by Gasteiger charge is -2.21. The molecule has 0 aliphatic heterocycles. The number of nitriles is 1. The highest BCUT2D eigenvalue weighted by molar-refractivity contribution is 7.99. The zero-order chi connectivity index (χ0) is 11.1. The van der Waals surface area contributed by atoms with Crippen LogP contribution < -0.4 is 5.32 Å². The summed E-state index contributed by atoms with van der Waals surface area (Å²) in [5.41, 5.74) is -0.422. The van der Waals surface area contributed by atoms with Gasteiger partial charge in [0.05, 0.1) is 6.07 Å². The molecule has 0 aliphatic rings. The van der Waals surface area contributed by atoms with Crippen molar-refractivity contribution in [3.8, 4) is 6.07 Å². The molecule has 2 N–H and O–H groups in total. The van der Waals surface area contributed by atoms with E-state index in [0.29, 0.717) is 0 Å². The largest absolute Gasteiger partial charge is 0.340 e. The number of aromatic nitrogens is 2. The molecule has 0 aromatic carbocycles. The van der Waals surface area contributed by atoms with Crippen LogP contribution in [0.4, 0.5) is 0 Å². The molecule has 5 heteroatoms. The van der Waals surface area contributed by atoms with Gasteiger partial charge in [-0.1, -0.05) is 18.7 Å². The summed E-state index contributed by atoms with van der Waals surface area (Å²) in [6.45, 7) is 4.75. The molecule has 15 heavy (non-hydrogen) atoms. The summed E-state index contributed by atoms with van der Waals surface area (Å²) in [5.74, 6) is 0.880. The van der Waals surface area contributed by atoms with E-state index < -0.39 is 5.54 Å². The second-order valence-corrected chi connectivity index (χ2v) is 4.55. The third-order valence-electron chi connectivity index (χ3n) is 2.13. The molecule has 1 aromatic heterocycles. The third kappa shape index (κ3) is 3.94. The lowest BCUT2D eigenvalue weighted by Crippen LogP contribution is -2.41. The molecular formula is C10H16N4S. The van der Waals surface area contributed by atoms with Crippen LogP contribution in [-0.4, -0.2) is 27.8 Å². The van der Waals surface area contributed by atoms with Gasteiger partial charge in [-0.2, -0.15) is 5.26 Å². The van der Waals surface area contributed by atoms with Crippen LogP contribution in [0, 0.1) is 11.3 Å². The van der Waals surface area contributed by atoms with Gasteiger partial charge in [0.2, 0.25) is 0 Å². The summed E-state index contributed by atoms with van der Waals surface area (Å²) >= 11 is 1.64. The quantitative estimate of drug-likeness (QED) is 0.723. The Kier molecular flexibility index (Phi) is 4.66. The highest BCUT2D eigenvalue weighted by Crippen LogP contribution is 2.18. The number of thioether (sulfide) groups is 1. The van der Waals surface area contributed by atoms with E-state index in [0.717, 1.165) is 23.9 Å². The van der Waals surface area contributed by atoms with Gasteiger partial charge < -0.3 is 4.98 Å². The van der Waals surface area contributed by atoms with E-state index in [-0.39, 0.29) is 0 Å². The summed E-state index contributed by atoms with van der Waals surface area (Å²) in [7, 11) is 0. The summed E-state index contributed by atoms with van der Waals surface area (Å²) in [6.07, 6.45) is 4.34. The van der Waals surface area contributed by atoms with Gasteiger partial charge in [0, 0.05) is 18.1 Å². The van der Waals surface area contributed by atoms with Crippen LogP contribution in [-0.2, 0) is 0 Å². The highest BCUT2D eigenvalue weighted by atomic mass is 32.2. The normalized spacial score (nSPS) is 14.5. The number of hydrogen-bond donors (Lipinski definition) is 2. The molecule has 1 aromatic rings. The zero-order valence-corrected chi connectivity index (χ0v) is 9.90. The Balaban J connectivity index is 2.32. The molecule has 0 bridgehead atoms. The first-order valence-corrected chi connectivity index (χ1v) is 5.97. The van der Waals surface area contributed by atoms with Crippen LogP contribution in [0.2, 0.25) is 0 Å². The van der Waals surface area contributed by atoms with E-state index in [2.05, 4.69) is 21.4 Å². The summed E-state index contributed by atoms with van der Waals surface area (Å²) in [4.78, 5) is 7.13. The predicted octanol–water partition coefficient (Wildman–Crippen LogP) is 1.78. The third-order valence-corrected chi connectivity index (χ3v) is 3.03. The maximum atomic E-state index is 9.03. The Bertz CT molecular complexity index is 317. The second-order valence-electron chi connectivity index (χ2n) is 3.47. The molecular weight excluding hydrogens is 208 g/mol. The van der Waals surface area contributed by atoms with Gasteiger partial charge in [0.25, 0.3) is 0 Å². The first-order chi connectivity index (χ1) is 7.20. The van der Waals surface area contributed by atoms with Crippen molar-refractivity contribution >= 4 is 11.8 Å². The number of hydrogen-bond acceptors (Lipinski definition) is 4. The summed E-state index contributed by atoms with van der Waals surface area (Å²) < 4.78 is 0. The number of aromatic amines is 1. The second kappa shape index (κ2) is 5.79. The minimum atomic E-state index is -0.422. The summed E-state index contributed by atoms with van der Waals surface area (Å²) in [6, 6.07) is 2.30. The zero-order valence-electron chi connectivity index (χ0n) is 9.08. The Hall–Kier alpha value is -0.990. The molecule has 1 rings (SSSR count). The van der Waals surface area contributed by atoms with Crippen molar-refractivity contribution in [2.24, 2.45) is 0 Å². The Labute approximate surface area is 94.5 Å². The maximum absolute atomic E-state index is 9.03. The fourth-order valence-corrected chi connectivity index (χ4v) is 2.25. The van der Waals surface area contributed by atoms with Crippen LogP contribution in [0.1, 0.15) is 20.3 Å². The number of nitrogens with zero attached hydrogens (tertiary/aromatic N) is 2. The van der Waals surface area contributed by atoms with Crippen molar-refractivity contribution < 1.29 is 0 Å². The minimum absolute atomic E-state index is 0.422. The van der Waals surface area contributed by atoms with Gasteiger partial charge in [0.15, 0.2) is 5.16 Å². The number of H-pyrrole nitrogens is 1. The molecule has 82 valence electrons. The first kappa shape index (κ1) is 12.1. The topological polar surface area (TPSA) is 64.5 Å². The van der Waals surface area contributed by atoms with Crippen molar-refractivity contribution in [3.05, 3.63) is 12.4 Å². The van der Waals surface area contributed by atoms with E-state index in [1.165, 1.54) is 0 Å². The minimum Gasteiger partial charge on any atom is -0.340 e. The van der Waals surface area contributed by atoms with Crippen LogP contribution in [0.3, 0.4) is 0 Å². The van der Waals surface area contributed by atoms with E-state index >= 15 is 0 Å². The molecule has 0 spiro atoms. The van der Waals surface area contributed by atoms with Gasteiger partial charge >= 0.3 is 0 Å². The number of nitrogens with one attached hydrogen (secondary N) is 2. The van der Waals surface area contributed by atoms with Gasteiger partial charge in [0.1, 0.15) is 5.54 Å². The van der Waals surface area contributed by atoms with Crippen molar-refractivity contribution in [1.82, 2.24) is 15.3 Å². The fraction of sp³-hybridized carbons (Fsp3) is 0.600. The lowest BCUT2D eigenvalue weighted by molar-refractivity contribution is 0.450. The SMILES string of the molecule is CCNC(C)(C#N)CCSc1ncc[nH]1. The first-order valence-electron chi connectivity index (χ1n) is 4.98. The van der Waals surface area contributed by atoms with Gasteiger partial charge in [-0.3, -0.25) is 5.32 Å². The molecule has 1 atom stereocenters. The molecule has 0 aliphatic carbocycles.